The van der Waals surface area contributed by atoms with E-state index in [1.807, 2.05) is 27.7 Å². The van der Waals surface area contributed by atoms with E-state index in [1.54, 1.807) is 4.90 Å². The van der Waals surface area contributed by atoms with E-state index < -0.39 is 16.6 Å². The largest absolute Gasteiger partial charge is 0.335 e. The maximum Gasteiger partial charge on any atom is 0.325 e. The number of hydrogen-bond donors (Lipinski definition) is 1. The first-order valence-corrected chi connectivity index (χ1v) is 9.98. The van der Waals surface area contributed by atoms with Crippen molar-refractivity contribution in [2.45, 2.75) is 103 Å². The van der Waals surface area contributed by atoms with Gasteiger partial charge in [-0.3, -0.25) is 14.5 Å². The van der Waals surface area contributed by atoms with Crippen LogP contribution in [-0.4, -0.2) is 51.3 Å². The summed E-state index contributed by atoms with van der Waals surface area (Å²) in [6.45, 7) is 10.5. The zero-order valence-electron chi connectivity index (χ0n) is 17.1. The number of rotatable bonds is 8. The Bertz CT molecular complexity index is 539. The zero-order valence-corrected chi connectivity index (χ0v) is 17.1. The Balaban J connectivity index is 2.06. The molecule has 0 aromatic carbocycles. The molecule has 1 N–H and O–H groups in total. The molecule has 0 aromatic heterocycles. The van der Waals surface area contributed by atoms with Crippen LogP contribution in [0.5, 0.6) is 0 Å². The van der Waals surface area contributed by atoms with Crippen LogP contribution in [0.2, 0.25) is 0 Å². The molecule has 2 aliphatic rings. The quantitative estimate of drug-likeness (QED) is 0.407. The first-order chi connectivity index (χ1) is 12.1. The van der Waals surface area contributed by atoms with E-state index in [1.165, 1.54) is 24.2 Å². The molecule has 0 aromatic rings. The normalized spacial score (nSPS) is 23.4. The van der Waals surface area contributed by atoms with Crippen LogP contribution >= 0.6 is 0 Å². The molecule has 0 saturated carbocycles. The molecule has 6 nitrogen and oxygen atoms in total. The summed E-state index contributed by atoms with van der Waals surface area (Å²) in [6, 6.07) is -0.283. The topological polar surface area (TPSA) is 69.7 Å². The summed E-state index contributed by atoms with van der Waals surface area (Å²) in [6.07, 6.45) is 8.46. The van der Waals surface area contributed by atoms with Crippen molar-refractivity contribution in [1.82, 2.24) is 15.1 Å². The number of nitrogens with zero attached hydrogens (tertiary/aromatic N) is 2. The Kier molecular flexibility index (Phi) is 6.03. The van der Waals surface area contributed by atoms with Crippen molar-refractivity contribution in [1.29, 1.82) is 0 Å². The average Bonchev–Trinajstić information content (AvgIpc) is 2.71. The summed E-state index contributed by atoms with van der Waals surface area (Å²) < 4.78 is 0. The predicted molar refractivity (Wildman–Crippen MR) is 102 cm³/mol. The monoisotopic (exact) mass is 365 g/mol. The van der Waals surface area contributed by atoms with Crippen LogP contribution in [0.25, 0.3) is 0 Å². The fourth-order valence-electron chi connectivity index (χ4n) is 4.98. The predicted octanol–water partition coefficient (Wildman–Crippen LogP) is 3.45. The fourth-order valence-corrected chi connectivity index (χ4v) is 4.98. The second-order valence-electron chi connectivity index (χ2n) is 9.19. The average molecular weight is 366 g/mol. The molecule has 1 spiro atoms. The lowest BCUT2D eigenvalue weighted by molar-refractivity contribution is -0.148. The molecule has 6 heteroatoms. The van der Waals surface area contributed by atoms with E-state index in [0.717, 1.165) is 25.7 Å². The fraction of sp³-hybridized carbons (Fsp3) is 0.850. The number of amides is 4. The van der Waals surface area contributed by atoms with E-state index in [-0.39, 0.29) is 11.9 Å². The van der Waals surface area contributed by atoms with E-state index in [9.17, 15) is 14.4 Å². The van der Waals surface area contributed by atoms with Crippen LogP contribution in [-0.2, 0) is 9.59 Å². The van der Waals surface area contributed by atoms with Gasteiger partial charge in [0.15, 0.2) is 0 Å². The number of unbranched alkanes of at least 4 members (excludes halogenated alkanes) is 5. The third-order valence-electron chi connectivity index (χ3n) is 5.86. The van der Waals surface area contributed by atoms with Gasteiger partial charge in [0.05, 0.1) is 0 Å². The molecule has 0 atom stereocenters. The number of nitrogens with one attached hydrogen (secondary N) is 1. The summed E-state index contributed by atoms with van der Waals surface area (Å²) in [5, 5.41) is 2.98. The Morgan fingerprint density at radius 1 is 0.962 bits per heavy atom. The van der Waals surface area contributed by atoms with Crippen molar-refractivity contribution in [2.75, 3.05) is 6.54 Å². The lowest BCUT2D eigenvalue weighted by Crippen LogP contribution is -2.69. The number of likely N-dealkylation sites (tertiary alicyclic amines) is 1. The molecule has 0 unspecified atom stereocenters. The van der Waals surface area contributed by atoms with Crippen LogP contribution < -0.4 is 5.32 Å². The van der Waals surface area contributed by atoms with Gasteiger partial charge in [0, 0.05) is 30.5 Å². The Labute approximate surface area is 157 Å². The number of imide groups is 1. The zero-order chi connectivity index (χ0) is 19.6. The van der Waals surface area contributed by atoms with Gasteiger partial charge in [0.25, 0.3) is 5.91 Å². The molecule has 2 heterocycles. The summed E-state index contributed by atoms with van der Waals surface area (Å²) in [5.74, 6) is -0.122. The number of carbonyl (C=O) groups is 3. The molecule has 4 amide bonds. The van der Waals surface area contributed by atoms with Crippen molar-refractivity contribution < 1.29 is 14.4 Å². The molecule has 2 fully saturated rings. The van der Waals surface area contributed by atoms with Gasteiger partial charge in [0.1, 0.15) is 5.54 Å². The first-order valence-electron chi connectivity index (χ1n) is 9.98. The minimum absolute atomic E-state index is 0.122. The molecule has 0 aliphatic carbocycles. The summed E-state index contributed by atoms with van der Waals surface area (Å²) in [7, 11) is 0. The molecule has 0 bridgehead atoms. The third kappa shape index (κ3) is 3.89. The first kappa shape index (κ1) is 20.7. The maximum absolute atomic E-state index is 13.2. The van der Waals surface area contributed by atoms with E-state index >= 15 is 0 Å². The minimum Gasteiger partial charge on any atom is -0.335 e. The van der Waals surface area contributed by atoms with Crippen molar-refractivity contribution in [3.63, 3.8) is 0 Å². The van der Waals surface area contributed by atoms with Gasteiger partial charge in [-0.15, -0.1) is 0 Å². The highest BCUT2D eigenvalue weighted by Crippen LogP contribution is 2.45. The SMILES string of the molecule is CCCCCCCCN1C(=O)NC2(CC(C)(C)N(C=O)C(C)(C)C2)C1=O. The smallest absolute Gasteiger partial charge is 0.325 e. The number of urea groups is 1. The summed E-state index contributed by atoms with van der Waals surface area (Å²) in [4.78, 5) is 40.4. The molecular formula is C20H35N3O3. The van der Waals surface area contributed by atoms with Gasteiger partial charge in [-0.05, 0) is 34.1 Å². The second-order valence-corrected chi connectivity index (χ2v) is 9.19. The highest BCUT2D eigenvalue weighted by atomic mass is 16.2. The lowest BCUT2D eigenvalue weighted by atomic mass is 9.69. The molecule has 148 valence electrons. The molecule has 2 aliphatic heterocycles. The Hall–Kier alpha value is -1.59. The highest BCUT2D eigenvalue weighted by Gasteiger charge is 2.60. The van der Waals surface area contributed by atoms with Gasteiger partial charge < -0.3 is 10.2 Å². The Morgan fingerprint density at radius 3 is 2.04 bits per heavy atom. The molecule has 2 saturated heterocycles. The lowest BCUT2D eigenvalue weighted by Gasteiger charge is -2.56. The van der Waals surface area contributed by atoms with Gasteiger partial charge in [0.2, 0.25) is 6.41 Å². The van der Waals surface area contributed by atoms with E-state index in [2.05, 4.69) is 12.2 Å². The highest BCUT2D eigenvalue weighted by molar-refractivity contribution is 6.07. The maximum atomic E-state index is 13.2. The molecule has 26 heavy (non-hydrogen) atoms. The number of carbonyl (C=O) groups excluding carboxylic acids is 3. The van der Waals surface area contributed by atoms with Crippen LogP contribution in [0.15, 0.2) is 0 Å². The molecule has 0 radical (unpaired) electrons. The second kappa shape index (κ2) is 7.57. The van der Waals surface area contributed by atoms with Crippen LogP contribution in [0.3, 0.4) is 0 Å². The van der Waals surface area contributed by atoms with Gasteiger partial charge in [-0.1, -0.05) is 39.0 Å². The molecular weight excluding hydrogens is 330 g/mol. The van der Waals surface area contributed by atoms with Crippen molar-refractivity contribution >= 4 is 18.3 Å². The van der Waals surface area contributed by atoms with Gasteiger partial charge >= 0.3 is 6.03 Å². The Morgan fingerprint density at radius 2 is 1.50 bits per heavy atom. The third-order valence-corrected chi connectivity index (χ3v) is 5.86. The van der Waals surface area contributed by atoms with Crippen LogP contribution in [0.4, 0.5) is 4.79 Å². The van der Waals surface area contributed by atoms with E-state index in [4.69, 9.17) is 0 Å². The summed E-state index contributed by atoms with van der Waals surface area (Å²) in [5.41, 5.74) is -1.89. The van der Waals surface area contributed by atoms with E-state index in [0.29, 0.717) is 19.4 Å². The van der Waals surface area contributed by atoms with Crippen LogP contribution in [0, 0.1) is 0 Å². The summed E-state index contributed by atoms with van der Waals surface area (Å²) >= 11 is 0. The van der Waals surface area contributed by atoms with Crippen LogP contribution in [0.1, 0.15) is 86.0 Å². The number of hydrogen-bond acceptors (Lipinski definition) is 3. The standard InChI is InChI=1S/C20H35N3O3/c1-6-7-8-9-10-11-12-22-16(25)20(21-17(22)26)13-18(2,3)23(15-24)19(4,5)14-20/h15H,6-14H2,1-5H3,(H,21,26). The van der Waals surface area contributed by atoms with Crippen molar-refractivity contribution in [3.8, 4) is 0 Å². The van der Waals surface area contributed by atoms with Crippen molar-refractivity contribution in [3.05, 3.63) is 0 Å². The van der Waals surface area contributed by atoms with Gasteiger partial charge in [-0.25, -0.2) is 4.79 Å². The minimum atomic E-state index is -0.897. The molecule has 2 rings (SSSR count). The number of piperidine rings is 1. The van der Waals surface area contributed by atoms with Crippen molar-refractivity contribution in [2.24, 2.45) is 0 Å². The van der Waals surface area contributed by atoms with Gasteiger partial charge in [-0.2, -0.15) is 0 Å².